The van der Waals surface area contributed by atoms with Gasteiger partial charge in [0, 0.05) is 105 Å². The van der Waals surface area contributed by atoms with E-state index in [1.807, 2.05) is 0 Å². The van der Waals surface area contributed by atoms with Gasteiger partial charge in [0.2, 0.25) is 0 Å². The van der Waals surface area contributed by atoms with E-state index in [1.54, 1.807) is 146 Å². The Hall–Kier alpha value is -18.8. The predicted octanol–water partition coefficient (Wildman–Crippen LogP) is 16.2. The number of fused-ring (bicyclic) bond motifs is 6. The maximum Gasteiger partial charge on any atom is 0.390 e. The molecular formula is C114H96O30. The SMILES string of the molecule is C=CC(=O)OCCCCOc1ccc(C#CC(=O)Oc2cc3c4cc(OC(=O)C#Cc5ccc(OCCCCOC(=O)C=C)cc5)c(OC(=O)C#Cc5ccc(OCCCCOC(=O)C=C)cc5)cc4c4cc(OC(=O)C#Cc5ccc(OCCCCOC(=O)C=C)cc5)c(OC(=O)C#Cc5ccc(OCCCCOC(=O)C=C)cc5)cc4c3cc2OC(=O)C#Cc2ccc(OCCCCOC(=O)C=C)cc2)cc1. The second-order valence-electron chi connectivity index (χ2n) is 30.1. The van der Waals surface area contributed by atoms with Crippen LogP contribution in [0.5, 0.6) is 69.0 Å². The normalized spacial score (nSPS) is 10.1. The molecule has 0 fully saturated rings. The molecule has 30 heteroatoms. The number of rotatable bonds is 48. The molecule has 0 N–H and O–H groups in total. The Bertz CT molecular complexity index is 5710. The maximum absolute atomic E-state index is 14.5. The second kappa shape index (κ2) is 58.7. The lowest BCUT2D eigenvalue weighted by atomic mass is 9.93. The Morgan fingerprint density at radius 2 is 0.312 bits per heavy atom. The molecule has 0 aliphatic heterocycles. The van der Waals surface area contributed by atoms with Crippen molar-refractivity contribution in [3.05, 3.63) is 291 Å². The Morgan fingerprint density at radius 1 is 0.188 bits per heavy atom. The van der Waals surface area contributed by atoms with Crippen LogP contribution in [0.2, 0.25) is 0 Å². The number of carbonyl (C=O) groups excluding carboxylic acids is 12. The molecular weight excluding hydrogens is 1850 g/mol. The summed E-state index contributed by atoms with van der Waals surface area (Å²) in [6.45, 7) is 23.0. The van der Waals surface area contributed by atoms with Gasteiger partial charge in [-0.1, -0.05) is 75.0 Å². The molecule has 0 spiro atoms. The van der Waals surface area contributed by atoms with E-state index in [0.717, 1.165) is 36.5 Å². The molecule has 10 aromatic carbocycles. The van der Waals surface area contributed by atoms with E-state index in [4.69, 9.17) is 85.3 Å². The van der Waals surface area contributed by atoms with Gasteiger partial charge in [-0.25, -0.2) is 57.5 Å². The second-order valence-corrected chi connectivity index (χ2v) is 30.1. The fourth-order valence-electron chi connectivity index (χ4n) is 12.5. The van der Waals surface area contributed by atoms with Gasteiger partial charge < -0.3 is 85.3 Å². The average Bonchev–Trinajstić information content (AvgIpc) is 0.721. The van der Waals surface area contributed by atoms with E-state index >= 15 is 0 Å². The fourth-order valence-corrected chi connectivity index (χ4v) is 12.5. The third kappa shape index (κ3) is 37.6. The van der Waals surface area contributed by atoms with Gasteiger partial charge in [0.25, 0.3) is 0 Å². The van der Waals surface area contributed by atoms with Crippen LogP contribution in [0.25, 0.3) is 32.3 Å². The third-order valence-electron chi connectivity index (χ3n) is 19.6. The molecule has 0 amide bonds. The first-order valence-electron chi connectivity index (χ1n) is 45.1. The van der Waals surface area contributed by atoms with Crippen LogP contribution < -0.4 is 56.8 Å². The van der Waals surface area contributed by atoms with Gasteiger partial charge in [0.05, 0.1) is 79.3 Å². The maximum atomic E-state index is 14.5. The molecule has 0 saturated heterocycles. The highest BCUT2D eigenvalue weighted by molar-refractivity contribution is 6.27. The van der Waals surface area contributed by atoms with Crippen molar-refractivity contribution in [3.8, 4) is 140 Å². The minimum absolute atomic E-state index is 0.0453. The largest absolute Gasteiger partial charge is 0.494 e. The highest BCUT2D eigenvalue weighted by atomic mass is 16.6. The Kier molecular flexibility index (Phi) is 43.7. The van der Waals surface area contributed by atoms with Crippen LogP contribution in [-0.4, -0.2) is 151 Å². The van der Waals surface area contributed by atoms with E-state index in [-0.39, 0.29) is 112 Å². The first kappa shape index (κ1) is 107. The van der Waals surface area contributed by atoms with Gasteiger partial charge in [-0.15, -0.1) is 0 Å². The topological polar surface area (TPSA) is 371 Å². The standard InChI is InChI=1S/C114H96O30/c1-7-103(115)133-67-19-13-61-127-85-43-25-79(26-44-85)37-55-109(121)139-97-73-91-92(74-98(97)140-110(122)56-38-80-27-45-86(46-28-80)128-62-14-20-68-134-104(116)8-2)94-76-100(142-112(124)58-40-82-31-49-88(50-32-82)130-64-16-22-70-136-106(118)10-4)102(144-114(126)60-42-84-35-53-90(54-36-84)132-66-18-24-72-138-108(120)12-6)78-96(94)95-77-101(143-113(125)59-41-83-33-51-89(52-34-83)131-65-17-23-71-137-107(119)11-5)99(75-93(91)95)141-111(123)57-39-81-29-47-87(48-30-81)129-63-15-21-69-135-105(117)9-3/h7-12,25-36,43-54,73-78H,1-6,13-24,61-72H2. The minimum atomic E-state index is -1.21. The summed E-state index contributed by atoms with van der Waals surface area (Å²) in [7, 11) is 0. The molecule has 0 unspecified atom stereocenters. The highest BCUT2D eigenvalue weighted by Gasteiger charge is 2.26. The summed E-state index contributed by atoms with van der Waals surface area (Å²) in [4.78, 5) is 156. The zero-order valence-corrected chi connectivity index (χ0v) is 78.2. The van der Waals surface area contributed by atoms with Gasteiger partial charge in [0.15, 0.2) is 34.5 Å². The average molecular weight is 1950 g/mol. The number of unbranched alkanes of at least 4 members (excludes halogenated alkanes) is 6. The van der Waals surface area contributed by atoms with Crippen molar-refractivity contribution in [2.45, 2.75) is 77.0 Å². The van der Waals surface area contributed by atoms with Crippen molar-refractivity contribution in [2.75, 3.05) is 79.3 Å². The van der Waals surface area contributed by atoms with Crippen molar-refractivity contribution in [1.82, 2.24) is 0 Å². The molecule has 0 heterocycles. The summed E-state index contributed by atoms with van der Waals surface area (Å²) in [5, 5.41) is 0.272. The minimum Gasteiger partial charge on any atom is -0.494 e. The molecule has 0 atom stereocenters. The van der Waals surface area contributed by atoms with Crippen molar-refractivity contribution < 1.29 is 143 Å². The van der Waals surface area contributed by atoms with Crippen LogP contribution in [0.3, 0.4) is 0 Å². The zero-order valence-electron chi connectivity index (χ0n) is 78.2. The number of ether oxygens (including phenoxy) is 18. The van der Waals surface area contributed by atoms with Crippen molar-refractivity contribution in [2.24, 2.45) is 0 Å². The van der Waals surface area contributed by atoms with Crippen molar-refractivity contribution in [1.29, 1.82) is 0 Å². The highest BCUT2D eigenvalue weighted by Crippen LogP contribution is 2.48. The zero-order chi connectivity index (χ0) is 102. The molecule has 0 aromatic heterocycles. The molecule has 732 valence electrons. The van der Waals surface area contributed by atoms with Crippen LogP contribution >= 0.6 is 0 Å². The van der Waals surface area contributed by atoms with E-state index in [0.29, 0.717) is 145 Å². The van der Waals surface area contributed by atoms with Crippen molar-refractivity contribution >= 4 is 104 Å². The Balaban J connectivity index is 1.12. The molecule has 144 heavy (non-hydrogen) atoms. The number of hydrogen-bond acceptors (Lipinski definition) is 30. The summed E-state index contributed by atoms with van der Waals surface area (Å²) >= 11 is 0. The molecule has 30 nitrogen and oxygen atoms in total. The van der Waals surface area contributed by atoms with Gasteiger partial charge in [-0.2, -0.15) is 0 Å². The van der Waals surface area contributed by atoms with E-state index in [1.165, 1.54) is 36.4 Å². The first-order valence-corrected chi connectivity index (χ1v) is 45.1. The van der Waals surface area contributed by atoms with Crippen LogP contribution in [0.1, 0.15) is 110 Å². The van der Waals surface area contributed by atoms with Gasteiger partial charge in [-0.05, 0) is 291 Å². The molecule has 0 aliphatic rings. The molecule has 0 aliphatic carbocycles. The van der Waals surface area contributed by atoms with Crippen molar-refractivity contribution in [3.63, 3.8) is 0 Å². The first-order chi connectivity index (χ1) is 70.0. The quantitative estimate of drug-likeness (QED) is 0.00650. The number of carbonyl (C=O) groups is 12. The Morgan fingerprint density at radius 3 is 0.438 bits per heavy atom. The smallest absolute Gasteiger partial charge is 0.390 e. The van der Waals surface area contributed by atoms with Gasteiger partial charge >= 0.3 is 71.6 Å². The fraction of sp³-hybridized carbons (Fsp3) is 0.211. The molecule has 10 aromatic rings. The predicted molar refractivity (Wildman–Crippen MR) is 528 cm³/mol. The van der Waals surface area contributed by atoms with Gasteiger partial charge in [0.1, 0.15) is 34.5 Å². The monoisotopic (exact) mass is 1940 g/mol. The van der Waals surface area contributed by atoms with Gasteiger partial charge in [-0.3, -0.25) is 0 Å². The van der Waals surface area contributed by atoms with Crippen LogP contribution in [0.15, 0.2) is 258 Å². The number of esters is 12. The lowest BCUT2D eigenvalue weighted by Crippen LogP contribution is -2.11. The van der Waals surface area contributed by atoms with E-state index < -0.39 is 106 Å². The van der Waals surface area contributed by atoms with Crippen LogP contribution in [0.4, 0.5) is 0 Å². The number of hydrogen-bond donors (Lipinski definition) is 0. The Labute approximate surface area is 830 Å². The third-order valence-corrected chi connectivity index (χ3v) is 19.6. The summed E-state index contributed by atoms with van der Waals surface area (Å²) in [6.07, 6.45) is 12.7. The van der Waals surface area contributed by atoms with Crippen LogP contribution in [0, 0.1) is 71.0 Å². The molecule has 0 saturated carbocycles. The lowest BCUT2D eigenvalue weighted by Gasteiger charge is -2.18. The summed E-state index contributed by atoms with van der Waals surface area (Å²) in [5.41, 5.74) is 1.93. The molecule has 10 rings (SSSR count). The molecule has 0 radical (unpaired) electrons. The summed E-state index contributed by atoms with van der Waals surface area (Å²) in [6, 6.07) is 46.0. The van der Waals surface area contributed by atoms with Crippen LogP contribution in [-0.2, 0) is 86.0 Å². The van der Waals surface area contributed by atoms with E-state index in [9.17, 15) is 57.5 Å². The number of benzene rings is 10. The molecule has 0 bridgehead atoms. The summed E-state index contributed by atoms with van der Waals surface area (Å²) < 4.78 is 102. The summed E-state index contributed by atoms with van der Waals surface area (Å²) in [5.74, 6) is 20.7. The lowest BCUT2D eigenvalue weighted by molar-refractivity contribution is -0.138. The van der Waals surface area contributed by atoms with E-state index in [2.05, 4.69) is 111 Å².